The minimum Gasteiger partial charge on any atom is -0.468 e. The molecule has 1 N–H and O–H groups in total. The molecule has 0 fully saturated rings. The first-order chi connectivity index (χ1) is 11.6. The lowest BCUT2D eigenvalue weighted by Crippen LogP contribution is -2.19. The Morgan fingerprint density at radius 1 is 1.12 bits per heavy atom. The molecule has 0 radical (unpaired) electrons. The third-order valence-electron chi connectivity index (χ3n) is 3.23. The second-order valence-electron chi connectivity index (χ2n) is 5.62. The molecular formula is C16H17F3N2O3S. The highest BCUT2D eigenvalue weighted by Crippen LogP contribution is 2.21. The van der Waals surface area contributed by atoms with E-state index in [4.69, 9.17) is 0 Å². The van der Waals surface area contributed by atoms with Crippen LogP contribution < -0.4 is 9.46 Å². The number of rotatable bonds is 6. The molecule has 0 bridgehead atoms. The molecule has 0 spiro atoms. The van der Waals surface area contributed by atoms with Crippen LogP contribution in [-0.4, -0.2) is 26.2 Å². The average Bonchev–Trinajstić information content (AvgIpc) is 2.53. The van der Waals surface area contributed by atoms with Crippen LogP contribution in [0.4, 0.5) is 18.9 Å². The summed E-state index contributed by atoms with van der Waals surface area (Å²) in [6.07, 6.45) is -3.38. The van der Waals surface area contributed by atoms with Crippen LogP contribution >= 0.6 is 0 Å². The maximum atomic E-state index is 12.3. The zero-order valence-electron chi connectivity index (χ0n) is 13.5. The first-order valence-corrected chi connectivity index (χ1v) is 8.83. The maximum Gasteiger partial charge on any atom is 0.422 e. The number of anilines is 1. The topological polar surface area (TPSA) is 68.3 Å². The first kappa shape index (κ1) is 19.0. The summed E-state index contributed by atoms with van der Waals surface area (Å²) >= 11 is 0. The molecule has 0 aliphatic rings. The molecule has 0 saturated carbocycles. The van der Waals surface area contributed by atoms with Crippen LogP contribution in [0.3, 0.4) is 0 Å². The van der Waals surface area contributed by atoms with E-state index in [1.54, 1.807) is 12.1 Å². The predicted molar refractivity (Wildman–Crippen MR) is 87.1 cm³/mol. The Hall–Kier alpha value is -2.29. The number of aromatic nitrogens is 1. The number of benzene rings is 1. The monoisotopic (exact) mass is 374 g/mol. The third kappa shape index (κ3) is 5.63. The van der Waals surface area contributed by atoms with Gasteiger partial charge in [0.2, 0.25) is 5.88 Å². The fraction of sp³-hybridized carbons (Fsp3) is 0.312. The van der Waals surface area contributed by atoms with Crippen molar-refractivity contribution in [3.8, 4) is 5.88 Å². The van der Waals surface area contributed by atoms with Gasteiger partial charge in [0.25, 0.3) is 10.0 Å². The molecule has 9 heteroatoms. The lowest BCUT2D eigenvalue weighted by atomic mass is 10.0. The maximum absolute atomic E-state index is 12.3. The number of ether oxygens (including phenoxy) is 1. The molecule has 136 valence electrons. The van der Waals surface area contributed by atoms with E-state index in [0.717, 1.165) is 17.8 Å². The molecule has 1 aromatic carbocycles. The molecule has 2 rings (SSSR count). The van der Waals surface area contributed by atoms with Gasteiger partial charge in [-0.2, -0.15) is 13.2 Å². The fourth-order valence-corrected chi connectivity index (χ4v) is 2.97. The smallest absolute Gasteiger partial charge is 0.422 e. The number of nitrogens with zero attached hydrogens (tertiary/aromatic N) is 1. The minimum atomic E-state index is -4.47. The van der Waals surface area contributed by atoms with Crippen LogP contribution in [-0.2, 0) is 10.0 Å². The van der Waals surface area contributed by atoms with E-state index >= 15 is 0 Å². The molecule has 1 aromatic heterocycles. The van der Waals surface area contributed by atoms with Crippen molar-refractivity contribution in [3.05, 3.63) is 48.2 Å². The number of halogens is 3. The molecule has 0 aliphatic heterocycles. The molecule has 0 unspecified atom stereocenters. The van der Waals surface area contributed by atoms with Crippen LogP contribution in [0.25, 0.3) is 0 Å². The van der Waals surface area contributed by atoms with Gasteiger partial charge >= 0.3 is 6.18 Å². The Morgan fingerprint density at radius 3 is 2.24 bits per heavy atom. The van der Waals surface area contributed by atoms with Gasteiger partial charge in [-0.25, -0.2) is 13.4 Å². The summed E-state index contributed by atoms with van der Waals surface area (Å²) in [5.74, 6) is 0.0275. The number of pyridine rings is 1. The fourth-order valence-electron chi connectivity index (χ4n) is 1.93. The van der Waals surface area contributed by atoms with Gasteiger partial charge < -0.3 is 4.74 Å². The van der Waals surface area contributed by atoms with E-state index in [-0.39, 0.29) is 22.4 Å². The lowest BCUT2D eigenvalue weighted by Gasteiger charge is -2.11. The van der Waals surface area contributed by atoms with E-state index in [1.165, 1.54) is 18.2 Å². The zero-order valence-corrected chi connectivity index (χ0v) is 14.4. The Bertz CT molecular complexity index is 802. The molecule has 0 saturated heterocycles. The summed E-state index contributed by atoms with van der Waals surface area (Å²) in [5, 5.41) is 0. The minimum absolute atomic E-state index is 0.0781. The lowest BCUT2D eigenvalue weighted by molar-refractivity contribution is -0.154. The highest BCUT2D eigenvalue weighted by atomic mass is 32.2. The van der Waals surface area contributed by atoms with Gasteiger partial charge in [0.15, 0.2) is 6.61 Å². The van der Waals surface area contributed by atoms with Crippen molar-refractivity contribution in [1.29, 1.82) is 0 Å². The Morgan fingerprint density at radius 2 is 1.76 bits per heavy atom. The van der Waals surface area contributed by atoms with Crippen LogP contribution in [0, 0.1) is 0 Å². The van der Waals surface area contributed by atoms with E-state index < -0.39 is 22.8 Å². The molecule has 1 heterocycles. The second kappa shape index (κ2) is 7.30. The average molecular weight is 374 g/mol. The van der Waals surface area contributed by atoms with Gasteiger partial charge in [0.05, 0.1) is 16.8 Å². The largest absolute Gasteiger partial charge is 0.468 e. The molecule has 2 aromatic rings. The zero-order chi connectivity index (χ0) is 18.7. The quantitative estimate of drug-likeness (QED) is 0.831. The number of alkyl halides is 3. The number of hydrogen-bond donors (Lipinski definition) is 1. The highest BCUT2D eigenvalue weighted by molar-refractivity contribution is 7.92. The summed E-state index contributed by atoms with van der Waals surface area (Å²) in [6, 6.07) is 8.87. The van der Waals surface area contributed by atoms with Crippen LogP contribution in [0.1, 0.15) is 25.3 Å². The van der Waals surface area contributed by atoms with Crippen LogP contribution in [0.15, 0.2) is 47.5 Å². The van der Waals surface area contributed by atoms with E-state index in [0.29, 0.717) is 0 Å². The van der Waals surface area contributed by atoms with Crippen molar-refractivity contribution in [2.45, 2.75) is 30.8 Å². The van der Waals surface area contributed by atoms with Gasteiger partial charge in [-0.3, -0.25) is 4.72 Å². The van der Waals surface area contributed by atoms with Gasteiger partial charge in [0.1, 0.15) is 0 Å². The molecule has 0 atom stereocenters. The van der Waals surface area contributed by atoms with Crippen molar-refractivity contribution < 1.29 is 26.3 Å². The highest BCUT2D eigenvalue weighted by Gasteiger charge is 2.28. The van der Waals surface area contributed by atoms with Crippen molar-refractivity contribution in [3.63, 3.8) is 0 Å². The van der Waals surface area contributed by atoms with Gasteiger partial charge in [-0.1, -0.05) is 26.0 Å². The Kier molecular flexibility index (Phi) is 5.56. The summed E-state index contributed by atoms with van der Waals surface area (Å²) in [6.45, 7) is 2.53. The summed E-state index contributed by atoms with van der Waals surface area (Å²) in [7, 11) is -3.81. The van der Waals surface area contributed by atoms with Crippen LogP contribution in [0.5, 0.6) is 5.88 Å². The van der Waals surface area contributed by atoms with E-state index in [2.05, 4.69) is 14.4 Å². The van der Waals surface area contributed by atoms with Gasteiger partial charge in [-0.15, -0.1) is 0 Å². The van der Waals surface area contributed by atoms with Crippen molar-refractivity contribution in [2.24, 2.45) is 0 Å². The van der Waals surface area contributed by atoms with E-state index in [9.17, 15) is 21.6 Å². The van der Waals surface area contributed by atoms with Crippen molar-refractivity contribution in [1.82, 2.24) is 4.98 Å². The standard InChI is InChI=1S/C16H17F3N2O3S/c1-11(2)12-3-6-14(7-4-12)25(22,23)21-13-5-8-15(20-9-13)24-10-16(17,18)19/h3-9,11,21H,10H2,1-2H3. The summed E-state index contributed by atoms with van der Waals surface area (Å²) in [4.78, 5) is 3.73. The first-order valence-electron chi connectivity index (χ1n) is 7.35. The molecule has 0 aliphatic carbocycles. The number of sulfonamides is 1. The van der Waals surface area contributed by atoms with E-state index in [1.807, 2.05) is 13.8 Å². The summed E-state index contributed by atoms with van der Waals surface area (Å²) < 4.78 is 67.6. The third-order valence-corrected chi connectivity index (χ3v) is 4.63. The predicted octanol–water partition coefficient (Wildman–Crippen LogP) is 3.95. The van der Waals surface area contributed by atoms with Gasteiger partial charge in [-0.05, 0) is 29.7 Å². The number of nitrogens with one attached hydrogen (secondary N) is 1. The Labute approximate surface area is 143 Å². The van der Waals surface area contributed by atoms with Crippen molar-refractivity contribution in [2.75, 3.05) is 11.3 Å². The SMILES string of the molecule is CC(C)c1ccc(S(=O)(=O)Nc2ccc(OCC(F)(F)F)nc2)cc1. The van der Waals surface area contributed by atoms with Gasteiger partial charge in [0, 0.05) is 6.07 Å². The molecule has 25 heavy (non-hydrogen) atoms. The second-order valence-corrected chi connectivity index (χ2v) is 7.30. The molecule has 5 nitrogen and oxygen atoms in total. The summed E-state index contributed by atoms with van der Waals surface area (Å²) in [5.41, 5.74) is 1.12. The normalized spacial score (nSPS) is 12.2. The number of hydrogen-bond acceptors (Lipinski definition) is 4. The molecular weight excluding hydrogens is 357 g/mol. The molecule has 0 amide bonds. The Balaban J connectivity index is 2.07. The van der Waals surface area contributed by atoms with Crippen LogP contribution in [0.2, 0.25) is 0 Å². The van der Waals surface area contributed by atoms with Crippen molar-refractivity contribution >= 4 is 15.7 Å².